The lowest BCUT2D eigenvalue weighted by Gasteiger charge is -2.19. The third-order valence-electron chi connectivity index (χ3n) is 6.48. The summed E-state index contributed by atoms with van der Waals surface area (Å²) in [6.45, 7) is 0.0212. The zero-order valence-electron chi connectivity index (χ0n) is 19.1. The summed E-state index contributed by atoms with van der Waals surface area (Å²) < 4.78 is 68.0. The van der Waals surface area contributed by atoms with E-state index < -0.39 is 37.9 Å². The number of rotatable bonds is 6. The molecule has 190 valence electrons. The zero-order valence-corrected chi connectivity index (χ0v) is 20.8. The SMILES string of the molecule is CN(S)c1ncccc1CNc1nc(Nc2ccc3c(c2)C2CCCC3S2(=O)=O)ncc1C(F)(F)F. The summed E-state index contributed by atoms with van der Waals surface area (Å²) >= 11 is 4.23. The number of hydrogen-bond acceptors (Lipinski definition) is 9. The predicted molar refractivity (Wildman–Crippen MR) is 134 cm³/mol. The zero-order chi connectivity index (χ0) is 25.7. The highest BCUT2D eigenvalue weighted by Gasteiger charge is 2.47. The van der Waals surface area contributed by atoms with Gasteiger partial charge in [-0.3, -0.25) is 0 Å². The highest BCUT2D eigenvalue weighted by atomic mass is 32.2. The topological polar surface area (TPSA) is 100 Å². The summed E-state index contributed by atoms with van der Waals surface area (Å²) in [7, 11) is -1.59. The number of benzene rings is 1. The van der Waals surface area contributed by atoms with Gasteiger partial charge in [0, 0.05) is 37.2 Å². The summed E-state index contributed by atoms with van der Waals surface area (Å²) in [5, 5.41) is 4.66. The Morgan fingerprint density at radius 1 is 1.14 bits per heavy atom. The first-order chi connectivity index (χ1) is 17.1. The summed E-state index contributed by atoms with van der Waals surface area (Å²) in [5.74, 6) is 0.0517. The molecule has 13 heteroatoms. The third kappa shape index (κ3) is 4.45. The van der Waals surface area contributed by atoms with Gasteiger partial charge in [0.25, 0.3) is 0 Å². The monoisotopic (exact) mass is 536 g/mol. The number of hydrogen-bond donors (Lipinski definition) is 3. The molecular weight excluding hydrogens is 513 g/mol. The van der Waals surface area contributed by atoms with Crippen molar-refractivity contribution in [3.8, 4) is 0 Å². The molecule has 5 rings (SSSR count). The Balaban J connectivity index is 1.43. The highest BCUT2D eigenvalue weighted by Crippen LogP contribution is 2.53. The molecule has 2 aliphatic rings. The van der Waals surface area contributed by atoms with E-state index in [0.717, 1.165) is 23.7 Å². The lowest BCUT2D eigenvalue weighted by atomic mass is 10.0. The van der Waals surface area contributed by atoms with Crippen LogP contribution in [0.4, 0.5) is 36.4 Å². The smallest absolute Gasteiger partial charge is 0.365 e. The summed E-state index contributed by atoms with van der Waals surface area (Å²) in [6, 6.07) is 8.62. The van der Waals surface area contributed by atoms with E-state index in [9.17, 15) is 21.6 Å². The fourth-order valence-electron chi connectivity index (χ4n) is 4.86. The fraction of sp³-hybridized carbons (Fsp3) is 0.348. The van der Waals surface area contributed by atoms with Gasteiger partial charge in [-0.15, -0.1) is 0 Å². The molecule has 2 N–H and O–H groups in total. The van der Waals surface area contributed by atoms with Gasteiger partial charge < -0.3 is 14.9 Å². The van der Waals surface area contributed by atoms with Crippen LogP contribution in [0.25, 0.3) is 0 Å². The molecule has 2 aliphatic heterocycles. The number of aromatic nitrogens is 3. The van der Waals surface area contributed by atoms with Crippen molar-refractivity contribution < 1.29 is 21.6 Å². The van der Waals surface area contributed by atoms with Crippen molar-refractivity contribution >= 4 is 45.9 Å². The van der Waals surface area contributed by atoms with Gasteiger partial charge in [0.2, 0.25) is 5.95 Å². The van der Waals surface area contributed by atoms with Gasteiger partial charge in [-0.1, -0.05) is 31.4 Å². The van der Waals surface area contributed by atoms with Crippen LogP contribution in [-0.4, -0.2) is 30.4 Å². The van der Waals surface area contributed by atoms with E-state index in [4.69, 9.17) is 0 Å². The normalized spacial score (nSPS) is 20.0. The minimum absolute atomic E-state index is 0.0212. The molecule has 8 nitrogen and oxygen atoms in total. The quantitative estimate of drug-likeness (QED) is 0.369. The Bertz CT molecular complexity index is 1420. The molecule has 2 atom stereocenters. The van der Waals surface area contributed by atoms with E-state index in [1.807, 2.05) is 0 Å². The molecule has 0 spiro atoms. The standard InChI is InChI=1S/C23H23F3N6O2S2/c1-32(35)21-13(4-3-9-27-21)11-28-20-17(23(24,25)26)12-29-22(31-20)30-14-7-8-15-16(10-14)19-6-2-5-18(15)36(19,33)34/h3-4,7-10,12,18-19,35H,2,5-6,11H2,1H3,(H2,28,29,30,31). The van der Waals surface area contributed by atoms with Crippen molar-refractivity contribution in [3.05, 3.63) is 65.0 Å². The molecule has 2 bridgehead atoms. The first-order valence-corrected chi connectivity index (χ1v) is 13.2. The summed E-state index contributed by atoms with van der Waals surface area (Å²) in [6.07, 6.45) is -0.370. The van der Waals surface area contributed by atoms with Crippen LogP contribution in [0.1, 0.15) is 52.0 Å². The Morgan fingerprint density at radius 2 is 1.89 bits per heavy atom. The molecule has 1 fully saturated rings. The molecule has 0 amide bonds. The van der Waals surface area contributed by atoms with Gasteiger partial charge in [0.15, 0.2) is 9.84 Å². The summed E-state index contributed by atoms with van der Waals surface area (Å²) in [4.78, 5) is 12.1. The molecule has 0 radical (unpaired) electrons. The van der Waals surface area contributed by atoms with Crippen molar-refractivity contribution in [1.29, 1.82) is 0 Å². The Morgan fingerprint density at radius 3 is 2.61 bits per heavy atom. The summed E-state index contributed by atoms with van der Waals surface area (Å²) in [5.41, 5.74) is 1.68. The van der Waals surface area contributed by atoms with E-state index in [-0.39, 0.29) is 12.5 Å². The number of nitrogens with zero attached hydrogens (tertiary/aromatic N) is 4. The number of sulfone groups is 1. The van der Waals surface area contributed by atoms with E-state index in [1.165, 1.54) is 4.31 Å². The number of halogens is 3. The third-order valence-corrected chi connectivity index (χ3v) is 9.23. The van der Waals surface area contributed by atoms with Crippen LogP contribution < -0.4 is 14.9 Å². The molecule has 1 saturated heterocycles. The van der Waals surface area contributed by atoms with Crippen molar-refractivity contribution in [2.24, 2.45) is 0 Å². The van der Waals surface area contributed by atoms with E-state index >= 15 is 0 Å². The number of anilines is 4. The maximum Gasteiger partial charge on any atom is 0.421 e. The lowest BCUT2D eigenvalue weighted by Crippen LogP contribution is -2.17. The minimum atomic E-state index is -4.67. The Labute approximate surface area is 211 Å². The van der Waals surface area contributed by atoms with Gasteiger partial charge in [0.05, 0.1) is 10.5 Å². The van der Waals surface area contributed by atoms with Crippen LogP contribution in [0.2, 0.25) is 0 Å². The van der Waals surface area contributed by atoms with E-state index in [2.05, 4.69) is 38.4 Å². The van der Waals surface area contributed by atoms with Crippen LogP contribution in [0, 0.1) is 0 Å². The molecule has 36 heavy (non-hydrogen) atoms. The van der Waals surface area contributed by atoms with E-state index in [0.29, 0.717) is 29.9 Å². The first kappa shape index (κ1) is 24.6. The van der Waals surface area contributed by atoms with Crippen molar-refractivity contribution in [2.75, 3.05) is 22.0 Å². The second-order valence-corrected chi connectivity index (χ2v) is 11.7. The molecule has 3 aromatic rings. The van der Waals surface area contributed by atoms with Crippen LogP contribution in [0.15, 0.2) is 42.7 Å². The molecule has 2 aromatic heterocycles. The van der Waals surface area contributed by atoms with E-state index in [1.54, 1.807) is 43.6 Å². The minimum Gasteiger partial charge on any atom is -0.365 e. The number of nitrogens with one attached hydrogen (secondary N) is 2. The van der Waals surface area contributed by atoms with Crippen molar-refractivity contribution in [1.82, 2.24) is 15.0 Å². The van der Waals surface area contributed by atoms with Gasteiger partial charge in [-0.05, 0) is 42.2 Å². The number of fused-ring (bicyclic) bond motifs is 5. The maximum atomic E-state index is 13.7. The molecule has 0 saturated carbocycles. The van der Waals surface area contributed by atoms with Gasteiger partial charge in [0.1, 0.15) is 17.2 Å². The number of pyridine rings is 1. The highest BCUT2D eigenvalue weighted by molar-refractivity contribution is 7.92. The number of thiol groups is 1. The average Bonchev–Trinajstić information content (AvgIpc) is 2.93. The second-order valence-electron chi connectivity index (χ2n) is 8.78. The first-order valence-electron chi connectivity index (χ1n) is 11.2. The van der Waals surface area contributed by atoms with Crippen LogP contribution in [0.3, 0.4) is 0 Å². The Hall–Kier alpha value is -3.06. The van der Waals surface area contributed by atoms with Crippen molar-refractivity contribution in [3.63, 3.8) is 0 Å². The molecular formula is C23H23F3N6O2S2. The van der Waals surface area contributed by atoms with Gasteiger partial charge in [-0.2, -0.15) is 18.2 Å². The average molecular weight is 537 g/mol. The molecule has 2 unspecified atom stereocenters. The van der Waals surface area contributed by atoms with Gasteiger partial charge >= 0.3 is 6.18 Å². The molecule has 4 heterocycles. The lowest BCUT2D eigenvalue weighted by molar-refractivity contribution is -0.137. The predicted octanol–water partition coefficient (Wildman–Crippen LogP) is 5.22. The molecule has 0 aliphatic carbocycles. The largest absolute Gasteiger partial charge is 0.421 e. The second kappa shape index (κ2) is 9.11. The Kier molecular flexibility index (Phi) is 6.23. The van der Waals surface area contributed by atoms with Gasteiger partial charge in [-0.25, -0.2) is 18.4 Å². The number of alkyl halides is 3. The fourth-order valence-corrected chi connectivity index (χ4v) is 7.55. The van der Waals surface area contributed by atoms with Crippen LogP contribution in [-0.2, 0) is 22.6 Å². The van der Waals surface area contributed by atoms with Crippen LogP contribution >= 0.6 is 12.8 Å². The van der Waals surface area contributed by atoms with Crippen molar-refractivity contribution in [2.45, 2.75) is 42.5 Å². The molecule has 1 aromatic carbocycles. The van der Waals surface area contributed by atoms with Crippen LogP contribution in [0.5, 0.6) is 0 Å². The maximum absolute atomic E-state index is 13.7.